The lowest BCUT2D eigenvalue weighted by molar-refractivity contribution is 0.239. The summed E-state index contributed by atoms with van der Waals surface area (Å²) in [7, 11) is 0. The summed E-state index contributed by atoms with van der Waals surface area (Å²) < 4.78 is 0. The Kier molecular flexibility index (Phi) is 3.77. The van der Waals surface area contributed by atoms with E-state index in [-0.39, 0.29) is 5.54 Å². The summed E-state index contributed by atoms with van der Waals surface area (Å²) in [6, 6.07) is 0. The van der Waals surface area contributed by atoms with Gasteiger partial charge in [-0.15, -0.1) is 0 Å². The van der Waals surface area contributed by atoms with Gasteiger partial charge in [-0.05, 0) is 31.1 Å². The van der Waals surface area contributed by atoms with Gasteiger partial charge in [-0.25, -0.2) is 0 Å². The SMILES string of the molecule is CC(C)CC(C)(N)CC(C)(C)C. The van der Waals surface area contributed by atoms with Crippen LogP contribution < -0.4 is 5.73 Å². The maximum atomic E-state index is 6.20. The molecule has 2 N–H and O–H groups in total. The van der Waals surface area contributed by atoms with Crippen LogP contribution in [0.15, 0.2) is 0 Å². The zero-order chi connectivity index (χ0) is 9.99. The van der Waals surface area contributed by atoms with Crippen molar-refractivity contribution in [2.75, 3.05) is 0 Å². The van der Waals surface area contributed by atoms with Crippen LogP contribution in [0, 0.1) is 11.3 Å². The van der Waals surface area contributed by atoms with Crippen LogP contribution in [-0.4, -0.2) is 5.54 Å². The molecule has 0 radical (unpaired) electrons. The van der Waals surface area contributed by atoms with Gasteiger partial charge in [0.2, 0.25) is 0 Å². The molecular weight excluding hydrogens is 146 g/mol. The number of nitrogens with two attached hydrogens (primary N) is 1. The first kappa shape index (κ1) is 12.0. The smallest absolute Gasteiger partial charge is 0.0133 e. The van der Waals surface area contributed by atoms with Crippen LogP contribution in [0.4, 0.5) is 0 Å². The fourth-order valence-electron chi connectivity index (χ4n) is 2.22. The van der Waals surface area contributed by atoms with Gasteiger partial charge in [-0.3, -0.25) is 0 Å². The molecule has 0 rings (SSSR count). The molecule has 0 amide bonds. The normalized spacial score (nSPS) is 18.0. The third-order valence-corrected chi connectivity index (χ3v) is 1.81. The Hall–Kier alpha value is -0.0400. The monoisotopic (exact) mass is 171 g/mol. The van der Waals surface area contributed by atoms with E-state index >= 15 is 0 Å². The summed E-state index contributed by atoms with van der Waals surface area (Å²) in [5.41, 5.74) is 6.56. The Morgan fingerprint density at radius 1 is 1.08 bits per heavy atom. The van der Waals surface area contributed by atoms with E-state index < -0.39 is 0 Å². The van der Waals surface area contributed by atoms with Crippen LogP contribution in [-0.2, 0) is 0 Å². The highest BCUT2D eigenvalue weighted by Gasteiger charge is 2.26. The van der Waals surface area contributed by atoms with E-state index in [1.54, 1.807) is 0 Å². The van der Waals surface area contributed by atoms with Gasteiger partial charge in [0.15, 0.2) is 0 Å². The Morgan fingerprint density at radius 3 is 1.75 bits per heavy atom. The molecule has 0 aromatic heterocycles. The Labute approximate surface area is 77.7 Å². The first-order valence-corrected chi connectivity index (χ1v) is 4.91. The van der Waals surface area contributed by atoms with Crippen molar-refractivity contribution in [2.45, 2.75) is 59.9 Å². The summed E-state index contributed by atoms with van der Waals surface area (Å²) in [5.74, 6) is 0.697. The molecule has 0 saturated carbocycles. The molecule has 0 heterocycles. The topological polar surface area (TPSA) is 26.0 Å². The Bertz CT molecular complexity index is 128. The van der Waals surface area contributed by atoms with Gasteiger partial charge in [-0.2, -0.15) is 0 Å². The summed E-state index contributed by atoms with van der Waals surface area (Å²) in [6.07, 6.45) is 2.21. The highest BCUT2D eigenvalue weighted by atomic mass is 14.7. The number of hydrogen-bond acceptors (Lipinski definition) is 1. The highest BCUT2D eigenvalue weighted by molar-refractivity contribution is 4.84. The summed E-state index contributed by atoms with van der Waals surface area (Å²) in [6.45, 7) is 13.4. The molecule has 0 spiro atoms. The summed E-state index contributed by atoms with van der Waals surface area (Å²) in [5, 5.41) is 0. The largest absolute Gasteiger partial charge is 0.325 e. The molecule has 1 nitrogen and oxygen atoms in total. The van der Waals surface area contributed by atoms with Crippen LogP contribution >= 0.6 is 0 Å². The molecule has 0 aromatic carbocycles. The average Bonchev–Trinajstić information content (AvgIpc) is 1.48. The van der Waals surface area contributed by atoms with Gasteiger partial charge in [0.1, 0.15) is 0 Å². The molecule has 0 aliphatic rings. The van der Waals surface area contributed by atoms with Crippen molar-refractivity contribution >= 4 is 0 Å². The second kappa shape index (κ2) is 3.78. The second-order valence-electron chi connectivity index (χ2n) is 5.99. The zero-order valence-electron chi connectivity index (χ0n) is 9.57. The fourth-order valence-corrected chi connectivity index (χ4v) is 2.22. The van der Waals surface area contributed by atoms with E-state index in [1.165, 1.54) is 0 Å². The quantitative estimate of drug-likeness (QED) is 0.693. The lowest BCUT2D eigenvalue weighted by atomic mass is 9.77. The lowest BCUT2D eigenvalue weighted by Crippen LogP contribution is -2.41. The second-order valence-corrected chi connectivity index (χ2v) is 5.99. The predicted molar refractivity (Wildman–Crippen MR) is 56.1 cm³/mol. The van der Waals surface area contributed by atoms with Crippen LogP contribution in [0.3, 0.4) is 0 Å². The fraction of sp³-hybridized carbons (Fsp3) is 1.00. The van der Waals surface area contributed by atoms with Gasteiger partial charge in [0, 0.05) is 5.54 Å². The molecule has 0 fully saturated rings. The minimum atomic E-state index is 0.00637. The van der Waals surface area contributed by atoms with Crippen LogP contribution in [0.1, 0.15) is 54.4 Å². The van der Waals surface area contributed by atoms with Gasteiger partial charge < -0.3 is 5.73 Å². The number of hydrogen-bond donors (Lipinski definition) is 1. The molecule has 0 saturated heterocycles. The average molecular weight is 171 g/mol. The van der Waals surface area contributed by atoms with E-state index in [9.17, 15) is 0 Å². The first-order chi connectivity index (χ1) is 5.12. The number of rotatable bonds is 3. The van der Waals surface area contributed by atoms with Crippen molar-refractivity contribution in [1.82, 2.24) is 0 Å². The summed E-state index contributed by atoms with van der Waals surface area (Å²) in [4.78, 5) is 0. The third kappa shape index (κ3) is 6.66. The van der Waals surface area contributed by atoms with Crippen molar-refractivity contribution in [3.05, 3.63) is 0 Å². The van der Waals surface area contributed by atoms with E-state index in [1.807, 2.05) is 0 Å². The molecule has 0 bridgehead atoms. The lowest BCUT2D eigenvalue weighted by Gasteiger charge is -2.33. The predicted octanol–water partition coefficient (Wildman–Crippen LogP) is 3.19. The molecule has 1 heteroatoms. The van der Waals surface area contributed by atoms with Crippen LogP contribution in [0.25, 0.3) is 0 Å². The molecule has 0 aliphatic carbocycles. The van der Waals surface area contributed by atoms with E-state index in [0.29, 0.717) is 11.3 Å². The van der Waals surface area contributed by atoms with Crippen molar-refractivity contribution < 1.29 is 0 Å². The van der Waals surface area contributed by atoms with Gasteiger partial charge in [0.25, 0.3) is 0 Å². The highest BCUT2D eigenvalue weighted by Crippen LogP contribution is 2.29. The van der Waals surface area contributed by atoms with Gasteiger partial charge >= 0.3 is 0 Å². The summed E-state index contributed by atoms with van der Waals surface area (Å²) >= 11 is 0. The Balaban J connectivity index is 4.04. The Morgan fingerprint density at radius 2 is 1.50 bits per heavy atom. The van der Waals surface area contributed by atoms with Crippen molar-refractivity contribution in [3.8, 4) is 0 Å². The van der Waals surface area contributed by atoms with Gasteiger partial charge in [-0.1, -0.05) is 34.6 Å². The molecule has 74 valence electrons. The minimum absolute atomic E-state index is 0.00637. The maximum absolute atomic E-state index is 6.20. The van der Waals surface area contributed by atoms with Crippen LogP contribution in [0.5, 0.6) is 0 Å². The third-order valence-electron chi connectivity index (χ3n) is 1.81. The molecule has 1 atom stereocenters. The minimum Gasteiger partial charge on any atom is -0.325 e. The van der Waals surface area contributed by atoms with Crippen molar-refractivity contribution in [1.29, 1.82) is 0 Å². The van der Waals surface area contributed by atoms with E-state index in [2.05, 4.69) is 41.5 Å². The molecule has 0 aromatic rings. The molecule has 12 heavy (non-hydrogen) atoms. The van der Waals surface area contributed by atoms with E-state index in [0.717, 1.165) is 12.8 Å². The van der Waals surface area contributed by atoms with Crippen molar-refractivity contribution in [3.63, 3.8) is 0 Å². The molecule has 1 unspecified atom stereocenters. The standard InChI is InChI=1S/C11H25N/c1-9(2)7-11(6,12)8-10(3,4)5/h9H,7-8,12H2,1-6H3. The molecule has 0 aliphatic heterocycles. The zero-order valence-corrected chi connectivity index (χ0v) is 9.57. The van der Waals surface area contributed by atoms with Crippen LogP contribution in [0.2, 0.25) is 0 Å². The first-order valence-electron chi connectivity index (χ1n) is 4.91. The van der Waals surface area contributed by atoms with Gasteiger partial charge in [0.05, 0.1) is 0 Å². The maximum Gasteiger partial charge on any atom is 0.0133 e. The van der Waals surface area contributed by atoms with E-state index in [4.69, 9.17) is 5.73 Å². The molecular formula is C11H25N. The van der Waals surface area contributed by atoms with Crippen molar-refractivity contribution in [2.24, 2.45) is 17.1 Å².